The van der Waals surface area contributed by atoms with Crippen molar-refractivity contribution in [3.05, 3.63) is 0 Å². The van der Waals surface area contributed by atoms with E-state index in [0.29, 0.717) is 6.04 Å². The van der Waals surface area contributed by atoms with Gasteiger partial charge in [0.1, 0.15) is 5.60 Å². The molecular formula is C18H36N2O2. The van der Waals surface area contributed by atoms with Gasteiger partial charge < -0.3 is 15.0 Å². The molecule has 0 bridgehead atoms. The van der Waals surface area contributed by atoms with E-state index in [0.717, 1.165) is 25.9 Å². The van der Waals surface area contributed by atoms with Crippen LogP contribution in [0.1, 0.15) is 79.6 Å². The Morgan fingerprint density at radius 2 is 1.91 bits per heavy atom. The molecule has 0 aromatic heterocycles. The molecule has 22 heavy (non-hydrogen) atoms. The summed E-state index contributed by atoms with van der Waals surface area (Å²) in [4.78, 5) is 14.1. The highest BCUT2D eigenvalue weighted by molar-refractivity contribution is 5.68. The second-order valence-electron chi connectivity index (χ2n) is 7.61. The molecule has 1 N–H and O–H groups in total. The zero-order valence-electron chi connectivity index (χ0n) is 15.3. The van der Waals surface area contributed by atoms with Gasteiger partial charge in [0, 0.05) is 18.6 Å². The van der Waals surface area contributed by atoms with Crippen molar-refractivity contribution in [1.82, 2.24) is 10.2 Å². The van der Waals surface area contributed by atoms with Crippen LogP contribution in [0, 0.1) is 0 Å². The molecule has 1 rings (SSSR count). The minimum absolute atomic E-state index is 0.169. The third kappa shape index (κ3) is 7.48. The van der Waals surface area contributed by atoms with Gasteiger partial charge >= 0.3 is 6.09 Å². The monoisotopic (exact) mass is 312 g/mol. The van der Waals surface area contributed by atoms with E-state index in [1.165, 1.54) is 32.1 Å². The van der Waals surface area contributed by atoms with Gasteiger partial charge in [0.25, 0.3) is 0 Å². The summed E-state index contributed by atoms with van der Waals surface area (Å²) in [6.07, 6.45) is 8.48. The van der Waals surface area contributed by atoms with Crippen LogP contribution in [0.3, 0.4) is 0 Å². The molecule has 1 fully saturated rings. The standard InChI is InChI=1S/C18H36N2O2/c1-6-7-8-9-10-12-19-16-11-13-20(15(2)14-16)17(21)22-18(3,4)5/h15-16,19H,6-14H2,1-5H3. The van der Waals surface area contributed by atoms with Crippen molar-refractivity contribution in [3.63, 3.8) is 0 Å². The van der Waals surface area contributed by atoms with E-state index in [1.54, 1.807) is 0 Å². The minimum atomic E-state index is -0.412. The van der Waals surface area contributed by atoms with Gasteiger partial charge in [-0.2, -0.15) is 0 Å². The van der Waals surface area contributed by atoms with Crippen LogP contribution >= 0.6 is 0 Å². The van der Waals surface area contributed by atoms with E-state index in [9.17, 15) is 4.79 Å². The Labute approximate surface area is 137 Å². The van der Waals surface area contributed by atoms with Crippen LogP contribution in [0.25, 0.3) is 0 Å². The molecule has 4 heteroatoms. The highest BCUT2D eigenvalue weighted by Gasteiger charge is 2.31. The van der Waals surface area contributed by atoms with Crippen LogP contribution in [0.4, 0.5) is 4.79 Å². The number of piperidine rings is 1. The summed E-state index contributed by atoms with van der Waals surface area (Å²) in [6.45, 7) is 12.0. The Morgan fingerprint density at radius 3 is 2.50 bits per heavy atom. The van der Waals surface area contributed by atoms with Gasteiger partial charge in [-0.25, -0.2) is 4.79 Å². The third-order valence-electron chi connectivity index (χ3n) is 4.22. The number of carbonyl (C=O) groups is 1. The van der Waals surface area contributed by atoms with Crippen molar-refractivity contribution in [2.24, 2.45) is 0 Å². The lowest BCUT2D eigenvalue weighted by Crippen LogP contribution is -2.51. The first-order chi connectivity index (χ1) is 10.3. The fourth-order valence-electron chi connectivity index (χ4n) is 2.98. The number of hydrogen-bond donors (Lipinski definition) is 1. The highest BCUT2D eigenvalue weighted by Crippen LogP contribution is 2.20. The van der Waals surface area contributed by atoms with Crippen LogP contribution in [0.15, 0.2) is 0 Å². The molecule has 2 atom stereocenters. The van der Waals surface area contributed by atoms with Gasteiger partial charge in [-0.05, 0) is 53.5 Å². The molecule has 1 heterocycles. The molecular weight excluding hydrogens is 276 g/mol. The van der Waals surface area contributed by atoms with Crippen molar-refractivity contribution in [2.75, 3.05) is 13.1 Å². The first-order valence-corrected chi connectivity index (χ1v) is 9.06. The molecule has 0 aliphatic carbocycles. The lowest BCUT2D eigenvalue weighted by atomic mass is 9.98. The molecule has 2 unspecified atom stereocenters. The van der Waals surface area contributed by atoms with Crippen molar-refractivity contribution >= 4 is 6.09 Å². The van der Waals surface area contributed by atoms with Crippen molar-refractivity contribution in [1.29, 1.82) is 0 Å². The van der Waals surface area contributed by atoms with Crippen LogP contribution in [-0.4, -0.2) is 41.8 Å². The summed E-state index contributed by atoms with van der Waals surface area (Å²) in [5.74, 6) is 0. The number of carbonyl (C=O) groups excluding carboxylic acids is 1. The highest BCUT2D eigenvalue weighted by atomic mass is 16.6. The maximum atomic E-state index is 12.2. The van der Waals surface area contributed by atoms with Crippen molar-refractivity contribution in [3.8, 4) is 0 Å². The van der Waals surface area contributed by atoms with Gasteiger partial charge in [0.2, 0.25) is 0 Å². The molecule has 1 amide bonds. The van der Waals surface area contributed by atoms with E-state index in [4.69, 9.17) is 4.74 Å². The fourth-order valence-corrected chi connectivity index (χ4v) is 2.98. The summed E-state index contributed by atoms with van der Waals surface area (Å²) in [7, 11) is 0. The van der Waals surface area contributed by atoms with Crippen LogP contribution in [0.5, 0.6) is 0 Å². The zero-order chi connectivity index (χ0) is 16.6. The lowest BCUT2D eigenvalue weighted by Gasteiger charge is -2.38. The first kappa shape index (κ1) is 19.3. The number of amides is 1. The molecule has 0 aromatic carbocycles. The smallest absolute Gasteiger partial charge is 0.410 e. The molecule has 1 aliphatic heterocycles. The molecule has 1 saturated heterocycles. The number of nitrogens with zero attached hydrogens (tertiary/aromatic N) is 1. The number of nitrogens with one attached hydrogen (secondary N) is 1. The Kier molecular flexibility index (Phi) is 8.23. The summed E-state index contributed by atoms with van der Waals surface area (Å²) in [5.41, 5.74) is -0.412. The quantitative estimate of drug-likeness (QED) is 0.711. The summed E-state index contributed by atoms with van der Waals surface area (Å²) < 4.78 is 5.49. The molecule has 4 nitrogen and oxygen atoms in total. The van der Waals surface area contributed by atoms with Gasteiger partial charge in [0.15, 0.2) is 0 Å². The lowest BCUT2D eigenvalue weighted by molar-refractivity contribution is 0.00940. The van der Waals surface area contributed by atoms with E-state index in [2.05, 4.69) is 19.2 Å². The molecule has 0 radical (unpaired) electrons. The first-order valence-electron chi connectivity index (χ1n) is 9.06. The van der Waals surface area contributed by atoms with E-state index in [1.807, 2.05) is 25.7 Å². The Bertz CT molecular complexity index is 326. The largest absolute Gasteiger partial charge is 0.444 e. The zero-order valence-corrected chi connectivity index (χ0v) is 15.3. The average Bonchev–Trinajstić information content (AvgIpc) is 2.40. The molecule has 0 saturated carbocycles. The normalized spacial score (nSPS) is 22.7. The maximum Gasteiger partial charge on any atom is 0.410 e. The van der Waals surface area contributed by atoms with Gasteiger partial charge in [0.05, 0.1) is 0 Å². The number of rotatable bonds is 7. The van der Waals surface area contributed by atoms with Gasteiger partial charge in [-0.1, -0.05) is 32.6 Å². The summed E-state index contributed by atoms with van der Waals surface area (Å²) >= 11 is 0. The predicted molar refractivity (Wildman–Crippen MR) is 92.2 cm³/mol. The predicted octanol–water partition coefficient (Wildman–Crippen LogP) is 4.33. The third-order valence-corrected chi connectivity index (χ3v) is 4.22. The average molecular weight is 312 g/mol. The van der Waals surface area contributed by atoms with E-state index in [-0.39, 0.29) is 12.1 Å². The fraction of sp³-hybridized carbons (Fsp3) is 0.944. The molecule has 130 valence electrons. The SMILES string of the molecule is CCCCCCCNC1CCN(C(=O)OC(C)(C)C)C(C)C1. The Hall–Kier alpha value is -0.770. The number of unbranched alkanes of at least 4 members (excludes halogenated alkanes) is 4. The summed E-state index contributed by atoms with van der Waals surface area (Å²) in [6, 6.07) is 0.793. The van der Waals surface area contributed by atoms with Crippen LogP contribution in [0.2, 0.25) is 0 Å². The minimum Gasteiger partial charge on any atom is -0.444 e. The van der Waals surface area contributed by atoms with Crippen molar-refractivity contribution in [2.45, 2.75) is 97.2 Å². The van der Waals surface area contributed by atoms with Gasteiger partial charge in [-0.3, -0.25) is 0 Å². The Balaban J connectivity index is 2.23. The topological polar surface area (TPSA) is 41.6 Å². The van der Waals surface area contributed by atoms with Crippen LogP contribution < -0.4 is 5.32 Å². The number of hydrogen-bond acceptors (Lipinski definition) is 3. The van der Waals surface area contributed by atoms with E-state index >= 15 is 0 Å². The molecule has 0 aromatic rings. The molecule has 1 aliphatic rings. The Morgan fingerprint density at radius 1 is 1.23 bits per heavy atom. The second-order valence-corrected chi connectivity index (χ2v) is 7.61. The van der Waals surface area contributed by atoms with Crippen molar-refractivity contribution < 1.29 is 9.53 Å². The molecule has 0 spiro atoms. The number of likely N-dealkylation sites (tertiary alicyclic amines) is 1. The maximum absolute atomic E-state index is 12.2. The number of ether oxygens (including phenoxy) is 1. The second kappa shape index (κ2) is 9.39. The van der Waals surface area contributed by atoms with E-state index < -0.39 is 5.60 Å². The van der Waals surface area contributed by atoms with Crippen LogP contribution in [-0.2, 0) is 4.74 Å². The summed E-state index contributed by atoms with van der Waals surface area (Å²) in [5, 5.41) is 3.66. The van der Waals surface area contributed by atoms with Gasteiger partial charge in [-0.15, -0.1) is 0 Å².